The number of carboxylic acids is 1. The Morgan fingerprint density at radius 3 is 2.76 bits per heavy atom. The van der Waals surface area contributed by atoms with Crippen LogP contribution < -0.4 is 0 Å². The zero-order valence-corrected chi connectivity index (χ0v) is 11.7. The number of hydrogen-bond acceptors (Lipinski definition) is 5. The maximum atomic E-state index is 13.5. The van der Waals surface area contributed by atoms with Gasteiger partial charge < -0.3 is 5.11 Å². The standard InChI is InChI=1S/C12H6ClFN2O4S/c13-7-4-9(16(19)20)10(5-8(7)14)21-11-3-6(12(17)18)1-2-15-11/h1-5H,(H,17,18). The van der Waals surface area contributed by atoms with Gasteiger partial charge in [-0.1, -0.05) is 23.4 Å². The number of halogens is 2. The molecule has 0 aliphatic rings. The average molecular weight is 329 g/mol. The van der Waals surface area contributed by atoms with E-state index in [0.29, 0.717) is 0 Å². The summed E-state index contributed by atoms with van der Waals surface area (Å²) in [6.07, 6.45) is 1.25. The molecule has 0 saturated heterocycles. The molecule has 0 fully saturated rings. The quantitative estimate of drug-likeness (QED) is 0.680. The van der Waals surface area contributed by atoms with Crippen LogP contribution in [0.3, 0.4) is 0 Å². The molecule has 2 aromatic rings. The number of nitro groups is 1. The van der Waals surface area contributed by atoms with Crippen molar-refractivity contribution in [1.29, 1.82) is 0 Å². The molecule has 0 unspecified atom stereocenters. The summed E-state index contributed by atoms with van der Waals surface area (Å²) in [7, 11) is 0. The molecule has 2 rings (SSSR count). The van der Waals surface area contributed by atoms with Crippen molar-refractivity contribution < 1.29 is 19.2 Å². The number of rotatable bonds is 4. The minimum atomic E-state index is -1.16. The lowest BCUT2D eigenvalue weighted by Gasteiger charge is -2.04. The molecule has 0 saturated carbocycles. The summed E-state index contributed by atoms with van der Waals surface area (Å²) >= 11 is 6.30. The monoisotopic (exact) mass is 328 g/mol. The van der Waals surface area contributed by atoms with Crippen LogP contribution in [0.1, 0.15) is 10.4 Å². The van der Waals surface area contributed by atoms with Gasteiger partial charge in [0.15, 0.2) is 0 Å². The molecule has 0 bridgehead atoms. The van der Waals surface area contributed by atoms with Crippen LogP contribution in [-0.4, -0.2) is 21.0 Å². The van der Waals surface area contributed by atoms with Crippen LogP contribution in [0.5, 0.6) is 0 Å². The summed E-state index contributed by atoms with van der Waals surface area (Å²) in [6, 6.07) is 4.34. The van der Waals surface area contributed by atoms with Gasteiger partial charge in [-0.15, -0.1) is 0 Å². The molecule has 6 nitrogen and oxygen atoms in total. The van der Waals surface area contributed by atoms with Crippen molar-refractivity contribution in [3.05, 3.63) is 57.0 Å². The molecular formula is C12H6ClFN2O4S. The van der Waals surface area contributed by atoms with E-state index in [1.807, 2.05) is 0 Å². The number of aromatic carboxylic acids is 1. The number of hydrogen-bond donors (Lipinski definition) is 1. The maximum absolute atomic E-state index is 13.5. The van der Waals surface area contributed by atoms with E-state index < -0.39 is 16.7 Å². The Labute approximate surface area is 126 Å². The van der Waals surface area contributed by atoms with Crippen molar-refractivity contribution in [3.63, 3.8) is 0 Å². The fourth-order valence-electron chi connectivity index (χ4n) is 1.45. The van der Waals surface area contributed by atoms with Crippen molar-refractivity contribution in [2.45, 2.75) is 9.92 Å². The first kappa shape index (κ1) is 15.2. The van der Waals surface area contributed by atoms with Gasteiger partial charge in [0.25, 0.3) is 5.69 Å². The number of pyridine rings is 1. The van der Waals surface area contributed by atoms with Crippen LogP contribution in [-0.2, 0) is 0 Å². The summed E-state index contributed by atoms with van der Waals surface area (Å²) in [5.74, 6) is -1.96. The molecular weight excluding hydrogens is 323 g/mol. The van der Waals surface area contributed by atoms with Gasteiger partial charge in [0.1, 0.15) is 10.8 Å². The summed E-state index contributed by atoms with van der Waals surface area (Å²) in [5, 5.41) is 19.7. The topological polar surface area (TPSA) is 93.3 Å². The third kappa shape index (κ3) is 3.47. The summed E-state index contributed by atoms with van der Waals surface area (Å²) in [4.78, 5) is 25.0. The Balaban J connectivity index is 2.43. The highest BCUT2D eigenvalue weighted by molar-refractivity contribution is 7.99. The lowest BCUT2D eigenvalue weighted by atomic mass is 10.3. The third-order valence-electron chi connectivity index (χ3n) is 2.39. The van der Waals surface area contributed by atoms with Crippen molar-refractivity contribution in [2.75, 3.05) is 0 Å². The van der Waals surface area contributed by atoms with Crippen LogP contribution in [0.2, 0.25) is 5.02 Å². The molecule has 0 aliphatic heterocycles. The zero-order valence-electron chi connectivity index (χ0n) is 10.1. The molecule has 108 valence electrons. The second kappa shape index (κ2) is 6.06. The number of carbonyl (C=O) groups is 1. The smallest absolute Gasteiger partial charge is 0.335 e. The van der Waals surface area contributed by atoms with E-state index in [9.17, 15) is 19.3 Å². The summed E-state index contributed by atoms with van der Waals surface area (Å²) in [6.45, 7) is 0. The minimum absolute atomic E-state index is 0.0167. The lowest BCUT2D eigenvalue weighted by molar-refractivity contribution is -0.387. The number of aromatic nitrogens is 1. The Kier molecular flexibility index (Phi) is 4.39. The fraction of sp³-hybridized carbons (Fsp3) is 0. The number of benzene rings is 1. The SMILES string of the molecule is O=C(O)c1ccnc(Sc2cc(F)c(Cl)cc2[N+](=O)[O-])c1. The van der Waals surface area contributed by atoms with Gasteiger partial charge in [-0.05, 0) is 18.2 Å². The molecule has 1 heterocycles. The van der Waals surface area contributed by atoms with E-state index in [0.717, 1.165) is 23.9 Å². The van der Waals surface area contributed by atoms with Crippen LogP contribution in [0.25, 0.3) is 0 Å². The van der Waals surface area contributed by atoms with Crippen LogP contribution in [0.15, 0.2) is 40.4 Å². The highest BCUT2D eigenvalue weighted by atomic mass is 35.5. The Morgan fingerprint density at radius 1 is 1.43 bits per heavy atom. The highest BCUT2D eigenvalue weighted by Gasteiger charge is 2.19. The predicted molar refractivity (Wildman–Crippen MR) is 73.4 cm³/mol. The number of carboxylic acid groups (broad SMARTS) is 1. The Hall–Kier alpha value is -2.19. The third-order valence-corrected chi connectivity index (χ3v) is 3.66. The Morgan fingerprint density at radius 2 is 2.14 bits per heavy atom. The molecule has 1 aromatic carbocycles. The fourth-order valence-corrected chi connectivity index (χ4v) is 2.54. The van der Waals surface area contributed by atoms with Crippen molar-refractivity contribution in [2.24, 2.45) is 0 Å². The van der Waals surface area contributed by atoms with Crippen molar-refractivity contribution in [3.8, 4) is 0 Å². The first-order valence-electron chi connectivity index (χ1n) is 5.39. The predicted octanol–water partition coefficient (Wildman–Crippen LogP) is 3.63. The van der Waals surface area contributed by atoms with Gasteiger partial charge in [0.05, 0.1) is 20.4 Å². The highest BCUT2D eigenvalue weighted by Crippen LogP contribution is 2.37. The Bertz CT molecular complexity index is 741. The van der Waals surface area contributed by atoms with E-state index >= 15 is 0 Å². The normalized spacial score (nSPS) is 10.4. The average Bonchev–Trinajstić information content (AvgIpc) is 2.42. The van der Waals surface area contributed by atoms with E-state index in [4.69, 9.17) is 16.7 Å². The largest absolute Gasteiger partial charge is 0.478 e. The van der Waals surface area contributed by atoms with Gasteiger partial charge in [-0.25, -0.2) is 14.2 Å². The van der Waals surface area contributed by atoms with Crippen molar-refractivity contribution in [1.82, 2.24) is 4.98 Å². The molecule has 0 spiro atoms. The molecule has 1 N–H and O–H groups in total. The molecule has 0 amide bonds. The van der Waals surface area contributed by atoms with Gasteiger partial charge in [0, 0.05) is 12.3 Å². The molecule has 1 aromatic heterocycles. The first-order valence-corrected chi connectivity index (χ1v) is 6.58. The van der Waals surface area contributed by atoms with Crippen LogP contribution in [0, 0.1) is 15.9 Å². The molecule has 21 heavy (non-hydrogen) atoms. The molecule has 9 heteroatoms. The van der Waals surface area contributed by atoms with Gasteiger partial charge in [0.2, 0.25) is 0 Å². The zero-order chi connectivity index (χ0) is 15.6. The minimum Gasteiger partial charge on any atom is -0.478 e. The van der Waals surface area contributed by atoms with Crippen LogP contribution >= 0.6 is 23.4 Å². The second-order valence-corrected chi connectivity index (χ2v) is 5.25. The molecule has 0 radical (unpaired) electrons. The van der Waals surface area contributed by atoms with Crippen molar-refractivity contribution >= 4 is 35.0 Å². The number of nitro benzene ring substituents is 1. The molecule has 0 aliphatic carbocycles. The van der Waals surface area contributed by atoms with E-state index in [-0.39, 0.29) is 26.2 Å². The first-order chi connectivity index (χ1) is 9.88. The van der Waals surface area contributed by atoms with E-state index in [1.54, 1.807) is 0 Å². The second-order valence-electron chi connectivity index (χ2n) is 3.78. The maximum Gasteiger partial charge on any atom is 0.335 e. The van der Waals surface area contributed by atoms with Gasteiger partial charge in [-0.3, -0.25) is 10.1 Å². The van der Waals surface area contributed by atoms with Gasteiger partial charge in [-0.2, -0.15) is 0 Å². The lowest BCUT2D eigenvalue weighted by Crippen LogP contribution is -1.97. The van der Waals surface area contributed by atoms with E-state index in [1.165, 1.54) is 18.3 Å². The number of nitrogens with zero attached hydrogens (tertiary/aromatic N) is 2. The van der Waals surface area contributed by atoms with E-state index in [2.05, 4.69) is 4.98 Å². The van der Waals surface area contributed by atoms with Crippen LogP contribution in [0.4, 0.5) is 10.1 Å². The summed E-state index contributed by atoms with van der Waals surface area (Å²) in [5.41, 5.74) is -0.404. The van der Waals surface area contributed by atoms with Gasteiger partial charge >= 0.3 is 5.97 Å². The summed E-state index contributed by atoms with van der Waals surface area (Å²) < 4.78 is 13.5. The molecule has 0 atom stereocenters.